The van der Waals surface area contributed by atoms with Gasteiger partial charge in [0.15, 0.2) is 0 Å². The molecule has 1 N–H and O–H groups in total. The molecule has 0 unspecified atom stereocenters. The van der Waals surface area contributed by atoms with Crippen LogP contribution in [0.25, 0.3) is 22.5 Å². The summed E-state index contributed by atoms with van der Waals surface area (Å²) in [6, 6.07) is 19.3. The number of aromatic amines is 1. The van der Waals surface area contributed by atoms with Gasteiger partial charge in [0.2, 0.25) is 5.82 Å². The van der Waals surface area contributed by atoms with Crippen LogP contribution >= 0.6 is 0 Å². The topological polar surface area (TPSA) is 71.5 Å². The lowest BCUT2D eigenvalue weighted by atomic mass is 9.87. The van der Waals surface area contributed by atoms with Crippen LogP contribution in [0.3, 0.4) is 0 Å². The number of aryl methyl sites for hydroxylation is 1. The summed E-state index contributed by atoms with van der Waals surface area (Å²) in [5.41, 5.74) is 4.72. The van der Waals surface area contributed by atoms with Crippen molar-refractivity contribution < 1.29 is 13.6 Å². The summed E-state index contributed by atoms with van der Waals surface area (Å²) in [5, 5.41) is 14.3. The largest absolute Gasteiger partial charge is 0.299 e. The fourth-order valence-electron chi connectivity index (χ4n) is 3.94. The zero-order valence-electron chi connectivity index (χ0n) is 23.2. The lowest BCUT2D eigenvalue weighted by Gasteiger charge is -2.18. The van der Waals surface area contributed by atoms with E-state index in [1.165, 1.54) is 17.7 Å². The third kappa shape index (κ3) is 8.91. The van der Waals surface area contributed by atoms with Gasteiger partial charge in [-0.05, 0) is 58.4 Å². The number of tetrazole rings is 1. The van der Waals surface area contributed by atoms with Crippen molar-refractivity contribution in [2.45, 2.75) is 68.7 Å². The molecule has 0 atom stereocenters. The Kier molecular flexibility index (Phi) is 10.4. The first-order chi connectivity index (χ1) is 17.7. The summed E-state index contributed by atoms with van der Waals surface area (Å²) in [4.78, 5) is 11.7. The molecule has 0 spiro atoms. The number of H-pyrrole nitrogens is 1. The predicted molar refractivity (Wildman–Crippen MR) is 154 cm³/mol. The molecule has 0 fully saturated rings. The van der Waals surface area contributed by atoms with Crippen LogP contribution in [0.15, 0.2) is 60.7 Å². The molecular formula is C32H40F2N4O. The fraction of sp³-hybridized carbons (Fsp3) is 0.375. The van der Waals surface area contributed by atoms with Gasteiger partial charge in [0.25, 0.3) is 0 Å². The molecule has 3 aromatic carbocycles. The van der Waals surface area contributed by atoms with E-state index in [1.807, 2.05) is 18.2 Å². The minimum absolute atomic E-state index is 0. The van der Waals surface area contributed by atoms with Gasteiger partial charge in [-0.1, -0.05) is 97.5 Å². The highest BCUT2D eigenvalue weighted by Gasteiger charge is 2.24. The zero-order chi connectivity index (χ0) is 28.1. The lowest BCUT2D eigenvalue weighted by Crippen LogP contribution is -2.23. The van der Waals surface area contributed by atoms with Crippen molar-refractivity contribution in [3.63, 3.8) is 0 Å². The van der Waals surface area contributed by atoms with E-state index in [9.17, 15) is 13.6 Å². The van der Waals surface area contributed by atoms with E-state index in [1.54, 1.807) is 27.7 Å². The van der Waals surface area contributed by atoms with Crippen LogP contribution in [-0.4, -0.2) is 26.4 Å². The highest BCUT2D eigenvalue weighted by molar-refractivity contribution is 5.85. The second kappa shape index (κ2) is 12.9. The first-order valence-electron chi connectivity index (χ1n) is 12.6. The van der Waals surface area contributed by atoms with Gasteiger partial charge in [-0.15, -0.1) is 10.2 Å². The number of Topliss-reactive ketones (excluding diaryl/α,β-unsaturated/α-hetero) is 1. The van der Waals surface area contributed by atoms with Gasteiger partial charge in [-0.2, -0.15) is 5.21 Å². The SMILES string of the molecule is C.CC(C)(C)Cc1ccc(-c2ccccc2-c2nn[nH]n2)cc1.Cc1cc(F)c(CC(=O)C(C)(C)C)c(F)c1. The van der Waals surface area contributed by atoms with Crippen molar-refractivity contribution in [3.05, 3.63) is 89.0 Å². The van der Waals surface area contributed by atoms with Crippen LogP contribution in [0.1, 0.15) is 65.7 Å². The average Bonchev–Trinajstić information content (AvgIpc) is 3.35. The van der Waals surface area contributed by atoms with E-state index in [-0.39, 0.29) is 25.2 Å². The maximum atomic E-state index is 13.5. The standard InChI is InChI=1S/C18H20N4.C13H16F2O.CH4/c1-18(2,3)12-13-8-10-14(11-9-13)15-6-4-5-7-16(15)17-19-21-22-20-17;1-8-5-10(14)9(11(15)6-8)7-12(16)13(2,3)4;/h4-11H,12H2,1-3H3,(H,19,20,21,22);5-6H,7H2,1-4H3;1H4. The van der Waals surface area contributed by atoms with E-state index in [4.69, 9.17) is 0 Å². The van der Waals surface area contributed by atoms with Crippen LogP contribution in [0.5, 0.6) is 0 Å². The minimum Gasteiger partial charge on any atom is -0.299 e. The molecule has 0 radical (unpaired) electrons. The number of nitrogens with one attached hydrogen (secondary N) is 1. The van der Waals surface area contributed by atoms with E-state index in [0.717, 1.165) is 23.1 Å². The van der Waals surface area contributed by atoms with Crippen molar-refractivity contribution >= 4 is 5.78 Å². The van der Waals surface area contributed by atoms with Crippen molar-refractivity contribution in [3.8, 4) is 22.5 Å². The molecule has 0 saturated heterocycles. The van der Waals surface area contributed by atoms with Gasteiger partial charge >= 0.3 is 0 Å². The van der Waals surface area contributed by atoms with Gasteiger partial charge in [-0.25, -0.2) is 8.78 Å². The number of halogens is 2. The molecule has 0 saturated carbocycles. The first kappa shape index (κ1) is 31.5. The number of aromatic nitrogens is 4. The molecule has 0 aliphatic heterocycles. The number of benzene rings is 3. The maximum Gasteiger partial charge on any atom is 0.205 e. The molecule has 1 heterocycles. The van der Waals surface area contributed by atoms with Crippen molar-refractivity contribution in [1.29, 1.82) is 0 Å². The molecule has 0 aliphatic carbocycles. The molecule has 0 aliphatic rings. The number of hydrogen-bond acceptors (Lipinski definition) is 4. The molecule has 7 heteroatoms. The third-order valence-corrected chi connectivity index (χ3v) is 5.97. The zero-order valence-corrected chi connectivity index (χ0v) is 23.2. The normalized spacial score (nSPS) is 11.3. The summed E-state index contributed by atoms with van der Waals surface area (Å²) in [6.45, 7) is 13.6. The molecular weight excluding hydrogens is 494 g/mol. The molecule has 0 amide bonds. The number of rotatable bonds is 5. The summed E-state index contributed by atoms with van der Waals surface area (Å²) in [6.07, 6.45) is 0.876. The molecule has 1 aromatic heterocycles. The molecule has 0 bridgehead atoms. The van der Waals surface area contributed by atoms with E-state index in [2.05, 4.69) is 71.7 Å². The van der Waals surface area contributed by atoms with Crippen LogP contribution in [0.2, 0.25) is 0 Å². The molecule has 4 aromatic rings. The number of carbonyl (C=O) groups is 1. The van der Waals surface area contributed by atoms with E-state index in [0.29, 0.717) is 16.8 Å². The quantitative estimate of drug-likeness (QED) is 0.280. The Labute approximate surface area is 231 Å². The monoisotopic (exact) mass is 534 g/mol. The highest BCUT2D eigenvalue weighted by Crippen LogP contribution is 2.30. The summed E-state index contributed by atoms with van der Waals surface area (Å²) in [5.74, 6) is -0.839. The Morgan fingerprint density at radius 2 is 1.44 bits per heavy atom. The van der Waals surface area contributed by atoms with Crippen molar-refractivity contribution in [1.82, 2.24) is 20.6 Å². The second-order valence-electron chi connectivity index (χ2n) is 11.8. The summed E-state index contributed by atoms with van der Waals surface area (Å²) < 4.78 is 26.9. The Morgan fingerprint density at radius 3 is 1.92 bits per heavy atom. The molecule has 4 rings (SSSR count). The third-order valence-electron chi connectivity index (χ3n) is 5.97. The Hall–Kier alpha value is -3.74. The first-order valence-corrected chi connectivity index (χ1v) is 12.6. The summed E-state index contributed by atoms with van der Waals surface area (Å²) >= 11 is 0. The number of hydrogen-bond donors (Lipinski definition) is 1. The van der Waals surface area contributed by atoms with Crippen molar-refractivity contribution in [2.24, 2.45) is 10.8 Å². The average molecular weight is 535 g/mol. The minimum atomic E-state index is -0.643. The van der Waals surface area contributed by atoms with Gasteiger partial charge in [-0.3, -0.25) is 4.79 Å². The number of ketones is 1. The van der Waals surface area contributed by atoms with Gasteiger partial charge < -0.3 is 0 Å². The molecule has 208 valence electrons. The van der Waals surface area contributed by atoms with E-state index < -0.39 is 17.0 Å². The predicted octanol–water partition coefficient (Wildman–Crippen LogP) is 8.19. The van der Waals surface area contributed by atoms with Crippen molar-refractivity contribution in [2.75, 3.05) is 0 Å². The lowest BCUT2D eigenvalue weighted by molar-refractivity contribution is -0.125. The Balaban J connectivity index is 0.000000281. The molecule has 39 heavy (non-hydrogen) atoms. The smallest absolute Gasteiger partial charge is 0.205 e. The van der Waals surface area contributed by atoms with Crippen LogP contribution in [0.4, 0.5) is 8.78 Å². The molecule has 5 nitrogen and oxygen atoms in total. The van der Waals surface area contributed by atoms with Gasteiger partial charge in [0.1, 0.15) is 17.4 Å². The van der Waals surface area contributed by atoms with Gasteiger partial charge in [0.05, 0.1) is 0 Å². The van der Waals surface area contributed by atoms with Crippen LogP contribution in [-0.2, 0) is 17.6 Å². The highest BCUT2D eigenvalue weighted by atomic mass is 19.1. The fourth-order valence-corrected chi connectivity index (χ4v) is 3.94. The van der Waals surface area contributed by atoms with Crippen LogP contribution < -0.4 is 0 Å². The maximum absolute atomic E-state index is 13.5. The van der Waals surface area contributed by atoms with E-state index >= 15 is 0 Å². The van der Waals surface area contributed by atoms with Gasteiger partial charge in [0, 0.05) is 23.0 Å². The summed E-state index contributed by atoms with van der Waals surface area (Å²) in [7, 11) is 0. The Bertz CT molecular complexity index is 1340. The Morgan fingerprint density at radius 1 is 0.872 bits per heavy atom. The number of nitrogens with zero attached hydrogens (tertiary/aromatic N) is 3. The number of carbonyl (C=O) groups excluding carboxylic acids is 1. The van der Waals surface area contributed by atoms with Crippen LogP contribution in [0, 0.1) is 29.4 Å². The second-order valence-corrected chi connectivity index (χ2v) is 11.8.